The molecule has 17 heavy (non-hydrogen) atoms. The third-order valence-electron chi connectivity index (χ3n) is 4.54. The fraction of sp³-hybridized carbons (Fsp3) is 0.750. The van der Waals surface area contributed by atoms with Crippen molar-refractivity contribution in [2.75, 3.05) is 6.54 Å². The molecule has 2 saturated carbocycles. The summed E-state index contributed by atoms with van der Waals surface area (Å²) in [5, 5.41) is 7.95. The molecule has 2 aliphatic carbocycles. The SMILES string of the molecule is O=C(C1CC2CC2C1)N1CCn2cnnc2C1. The van der Waals surface area contributed by atoms with E-state index in [1.165, 1.54) is 6.42 Å². The van der Waals surface area contributed by atoms with Crippen LogP contribution in [0.4, 0.5) is 0 Å². The van der Waals surface area contributed by atoms with Gasteiger partial charge in [-0.2, -0.15) is 0 Å². The summed E-state index contributed by atoms with van der Waals surface area (Å²) in [6.07, 6.45) is 5.39. The molecule has 1 aromatic rings. The van der Waals surface area contributed by atoms with Gasteiger partial charge in [-0.3, -0.25) is 4.79 Å². The van der Waals surface area contributed by atoms with Crippen LogP contribution >= 0.6 is 0 Å². The van der Waals surface area contributed by atoms with E-state index in [1.54, 1.807) is 6.33 Å². The third-order valence-corrected chi connectivity index (χ3v) is 4.54. The summed E-state index contributed by atoms with van der Waals surface area (Å²) in [7, 11) is 0. The topological polar surface area (TPSA) is 51.0 Å². The highest BCUT2D eigenvalue weighted by molar-refractivity contribution is 5.79. The van der Waals surface area contributed by atoms with Gasteiger partial charge in [0.1, 0.15) is 6.33 Å². The number of rotatable bonds is 1. The number of nitrogens with zero attached hydrogens (tertiary/aromatic N) is 4. The highest BCUT2D eigenvalue weighted by atomic mass is 16.2. The Morgan fingerprint density at radius 2 is 2.06 bits per heavy atom. The minimum atomic E-state index is 0.299. The summed E-state index contributed by atoms with van der Waals surface area (Å²) in [4.78, 5) is 14.3. The first-order chi connectivity index (χ1) is 8.31. The predicted octanol–water partition coefficient (Wildman–Crippen LogP) is 0.666. The smallest absolute Gasteiger partial charge is 0.226 e. The summed E-state index contributed by atoms with van der Waals surface area (Å²) in [5.41, 5.74) is 0. The number of hydrogen-bond donors (Lipinski definition) is 0. The van der Waals surface area contributed by atoms with Gasteiger partial charge in [0.25, 0.3) is 0 Å². The molecule has 0 radical (unpaired) electrons. The molecule has 0 saturated heterocycles. The normalized spacial score (nSPS) is 34.4. The number of hydrogen-bond acceptors (Lipinski definition) is 3. The summed E-state index contributed by atoms with van der Waals surface area (Å²) in [6, 6.07) is 0. The number of aromatic nitrogens is 3. The van der Waals surface area contributed by atoms with Crippen molar-refractivity contribution >= 4 is 5.91 Å². The number of fused-ring (bicyclic) bond motifs is 2. The molecule has 0 bridgehead atoms. The molecule has 1 aliphatic heterocycles. The van der Waals surface area contributed by atoms with E-state index in [2.05, 4.69) is 10.2 Å². The van der Waals surface area contributed by atoms with Crippen molar-refractivity contribution in [3.05, 3.63) is 12.2 Å². The average Bonchev–Trinajstić information content (AvgIpc) is 2.82. The highest BCUT2D eigenvalue weighted by Crippen LogP contribution is 2.54. The maximum absolute atomic E-state index is 12.4. The summed E-state index contributed by atoms with van der Waals surface area (Å²) in [5.74, 6) is 3.32. The van der Waals surface area contributed by atoms with Crippen molar-refractivity contribution < 1.29 is 4.79 Å². The first-order valence-corrected chi connectivity index (χ1v) is 6.47. The van der Waals surface area contributed by atoms with Crippen LogP contribution in [0.25, 0.3) is 0 Å². The first kappa shape index (κ1) is 9.62. The van der Waals surface area contributed by atoms with E-state index in [1.807, 2.05) is 9.47 Å². The van der Waals surface area contributed by atoms with E-state index in [0.29, 0.717) is 18.4 Å². The van der Waals surface area contributed by atoms with Crippen LogP contribution in [0.15, 0.2) is 6.33 Å². The van der Waals surface area contributed by atoms with Crippen LogP contribution in [0.2, 0.25) is 0 Å². The highest BCUT2D eigenvalue weighted by Gasteiger charge is 2.48. The van der Waals surface area contributed by atoms with Gasteiger partial charge >= 0.3 is 0 Å². The van der Waals surface area contributed by atoms with Crippen molar-refractivity contribution in [2.24, 2.45) is 17.8 Å². The van der Waals surface area contributed by atoms with Gasteiger partial charge in [0.15, 0.2) is 5.82 Å². The van der Waals surface area contributed by atoms with Gasteiger partial charge in [-0.1, -0.05) is 0 Å². The Labute approximate surface area is 99.8 Å². The minimum Gasteiger partial charge on any atom is -0.333 e. The average molecular weight is 232 g/mol. The Bertz CT molecular complexity index is 459. The molecule has 0 spiro atoms. The Morgan fingerprint density at radius 3 is 2.88 bits per heavy atom. The van der Waals surface area contributed by atoms with Gasteiger partial charge in [-0.25, -0.2) is 0 Å². The maximum Gasteiger partial charge on any atom is 0.226 e. The van der Waals surface area contributed by atoms with E-state index >= 15 is 0 Å². The molecule has 5 nitrogen and oxygen atoms in total. The van der Waals surface area contributed by atoms with Gasteiger partial charge in [0.2, 0.25) is 5.91 Å². The van der Waals surface area contributed by atoms with Gasteiger partial charge < -0.3 is 9.47 Å². The molecular formula is C12H16N4O. The van der Waals surface area contributed by atoms with E-state index in [0.717, 1.165) is 43.6 Å². The quantitative estimate of drug-likeness (QED) is 0.715. The Morgan fingerprint density at radius 1 is 1.24 bits per heavy atom. The molecule has 2 atom stereocenters. The predicted molar refractivity (Wildman–Crippen MR) is 59.8 cm³/mol. The van der Waals surface area contributed by atoms with Crippen LogP contribution in [-0.4, -0.2) is 32.1 Å². The largest absolute Gasteiger partial charge is 0.333 e. The zero-order chi connectivity index (χ0) is 11.4. The lowest BCUT2D eigenvalue weighted by molar-refractivity contribution is -0.137. The fourth-order valence-electron chi connectivity index (χ4n) is 3.43. The monoisotopic (exact) mass is 232 g/mol. The van der Waals surface area contributed by atoms with E-state index in [4.69, 9.17) is 0 Å². The second kappa shape index (κ2) is 3.31. The zero-order valence-corrected chi connectivity index (χ0v) is 9.75. The van der Waals surface area contributed by atoms with Gasteiger partial charge in [0, 0.05) is 19.0 Å². The Balaban J connectivity index is 1.47. The number of carbonyl (C=O) groups is 1. The van der Waals surface area contributed by atoms with E-state index < -0.39 is 0 Å². The molecule has 90 valence electrons. The molecule has 1 aromatic heterocycles. The number of carbonyl (C=O) groups excluding carboxylic acids is 1. The van der Waals surface area contributed by atoms with Crippen molar-refractivity contribution in [1.82, 2.24) is 19.7 Å². The van der Waals surface area contributed by atoms with Crippen LogP contribution in [0, 0.1) is 17.8 Å². The molecule has 0 N–H and O–H groups in total. The Kier molecular flexibility index (Phi) is 1.87. The standard InChI is InChI=1S/C12H16N4O/c17-12(10-4-8-3-9(8)5-10)15-1-2-16-7-13-14-11(16)6-15/h7-10H,1-6H2. The van der Waals surface area contributed by atoms with Gasteiger partial charge in [-0.15, -0.1) is 10.2 Å². The molecule has 2 fully saturated rings. The van der Waals surface area contributed by atoms with Crippen LogP contribution in [-0.2, 0) is 17.9 Å². The zero-order valence-electron chi connectivity index (χ0n) is 9.75. The van der Waals surface area contributed by atoms with E-state index in [9.17, 15) is 4.79 Å². The lowest BCUT2D eigenvalue weighted by Gasteiger charge is -2.29. The molecule has 3 aliphatic rings. The molecule has 4 rings (SSSR count). The second-order valence-electron chi connectivity index (χ2n) is 5.62. The Hall–Kier alpha value is -1.39. The molecule has 2 unspecified atom stereocenters. The minimum absolute atomic E-state index is 0.299. The molecule has 5 heteroatoms. The summed E-state index contributed by atoms with van der Waals surface area (Å²) >= 11 is 0. The molecule has 2 heterocycles. The fourth-order valence-corrected chi connectivity index (χ4v) is 3.43. The molecular weight excluding hydrogens is 216 g/mol. The van der Waals surface area contributed by atoms with Crippen molar-refractivity contribution in [3.8, 4) is 0 Å². The van der Waals surface area contributed by atoms with Crippen LogP contribution < -0.4 is 0 Å². The van der Waals surface area contributed by atoms with Gasteiger partial charge in [-0.05, 0) is 31.1 Å². The third kappa shape index (κ3) is 1.48. The first-order valence-electron chi connectivity index (χ1n) is 6.47. The van der Waals surface area contributed by atoms with Gasteiger partial charge in [0.05, 0.1) is 6.54 Å². The van der Waals surface area contributed by atoms with Crippen LogP contribution in [0.1, 0.15) is 25.1 Å². The van der Waals surface area contributed by atoms with Crippen molar-refractivity contribution in [3.63, 3.8) is 0 Å². The van der Waals surface area contributed by atoms with Crippen LogP contribution in [0.3, 0.4) is 0 Å². The second-order valence-corrected chi connectivity index (χ2v) is 5.62. The van der Waals surface area contributed by atoms with E-state index in [-0.39, 0.29) is 0 Å². The summed E-state index contributed by atoms with van der Waals surface area (Å²) < 4.78 is 2.04. The lowest BCUT2D eigenvalue weighted by Crippen LogP contribution is -2.41. The summed E-state index contributed by atoms with van der Waals surface area (Å²) in [6.45, 7) is 2.30. The molecule has 1 amide bonds. The maximum atomic E-state index is 12.4. The number of amides is 1. The van der Waals surface area contributed by atoms with Crippen LogP contribution in [0.5, 0.6) is 0 Å². The van der Waals surface area contributed by atoms with Crippen molar-refractivity contribution in [2.45, 2.75) is 32.4 Å². The van der Waals surface area contributed by atoms with Crippen molar-refractivity contribution in [1.29, 1.82) is 0 Å². The molecule has 0 aromatic carbocycles. The lowest BCUT2D eigenvalue weighted by atomic mass is 10.0.